The lowest BCUT2D eigenvalue weighted by atomic mass is 10.2. The molecule has 111 valence electrons. The van der Waals surface area contributed by atoms with Crippen LogP contribution in [0.15, 0.2) is 53.9 Å². The zero-order valence-corrected chi connectivity index (χ0v) is 12.4. The molecule has 1 aromatic heterocycles. The Hall–Kier alpha value is -2.73. The second kappa shape index (κ2) is 7.90. The van der Waals surface area contributed by atoms with Crippen molar-refractivity contribution in [3.63, 3.8) is 0 Å². The second-order valence-corrected chi connectivity index (χ2v) is 5.17. The third-order valence-electron chi connectivity index (χ3n) is 2.70. The van der Waals surface area contributed by atoms with Gasteiger partial charge in [-0.15, -0.1) is 11.3 Å². The lowest BCUT2D eigenvalue weighted by molar-refractivity contribution is -0.122. The molecule has 0 aliphatic rings. The molecule has 0 aliphatic heterocycles. The number of anilines is 1. The Balaban J connectivity index is 2.06. The van der Waals surface area contributed by atoms with Crippen LogP contribution in [0, 0.1) is 0 Å². The van der Waals surface area contributed by atoms with E-state index in [-0.39, 0.29) is 0 Å². The van der Waals surface area contributed by atoms with E-state index in [0.717, 1.165) is 10.5 Å². The largest absolute Gasteiger partial charge is 0.329 e. The molecular formula is C16H13N2O3S. The van der Waals surface area contributed by atoms with Crippen LogP contribution in [0.5, 0.6) is 0 Å². The summed E-state index contributed by atoms with van der Waals surface area (Å²) in [5.41, 5.74) is 0.824. The van der Waals surface area contributed by atoms with E-state index in [4.69, 9.17) is 0 Å². The summed E-state index contributed by atoms with van der Waals surface area (Å²) in [7, 11) is 0. The zero-order valence-electron chi connectivity index (χ0n) is 11.6. The van der Waals surface area contributed by atoms with Crippen LogP contribution in [0.3, 0.4) is 0 Å². The van der Waals surface area contributed by atoms with Gasteiger partial charge in [0, 0.05) is 6.08 Å². The Morgan fingerprint density at radius 2 is 1.95 bits per heavy atom. The van der Waals surface area contributed by atoms with Gasteiger partial charge in [-0.3, -0.25) is 19.8 Å². The average molecular weight is 313 g/mol. The number of hydrogen-bond donors (Lipinski definition) is 1. The summed E-state index contributed by atoms with van der Waals surface area (Å²) < 4.78 is 0. The standard InChI is InChI=1S/C16H13N2O3S/c19-11-10-18(16(21)17-14-7-4-12-22-14)15(20)9-8-13-5-2-1-3-6-13/h1-9,12H,10H2,(H,17,21)/b9-8+. The molecule has 1 N–H and O–H groups in total. The van der Waals surface area contributed by atoms with Gasteiger partial charge in [0.25, 0.3) is 5.91 Å². The number of hydrogen-bond acceptors (Lipinski definition) is 4. The fourth-order valence-electron chi connectivity index (χ4n) is 1.66. The highest BCUT2D eigenvalue weighted by molar-refractivity contribution is 7.14. The zero-order chi connectivity index (χ0) is 15.8. The number of nitrogens with zero attached hydrogens (tertiary/aromatic N) is 1. The second-order valence-electron chi connectivity index (χ2n) is 4.22. The summed E-state index contributed by atoms with van der Waals surface area (Å²) in [6.07, 6.45) is 4.40. The van der Waals surface area contributed by atoms with E-state index in [1.807, 2.05) is 30.3 Å². The third kappa shape index (κ3) is 4.39. The van der Waals surface area contributed by atoms with Crippen molar-refractivity contribution in [2.75, 3.05) is 11.9 Å². The number of carbonyl (C=O) groups is 2. The minimum absolute atomic E-state index is 0.421. The van der Waals surface area contributed by atoms with Crippen LogP contribution < -0.4 is 5.32 Å². The first kappa shape index (κ1) is 15.7. The molecule has 2 aromatic rings. The number of benzene rings is 1. The molecule has 3 amide bonds. The average Bonchev–Trinajstić information content (AvgIpc) is 3.04. The third-order valence-corrected chi connectivity index (χ3v) is 3.49. The Bertz CT molecular complexity index is 666. The summed E-state index contributed by atoms with van der Waals surface area (Å²) in [5.74, 6) is -0.582. The summed E-state index contributed by atoms with van der Waals surface area (Å²) in [4.78, 5) is 35.5. The Morgan fingerprint density at radius 3 is 2.59 bits per heavy atom. The first-order valence-corrected chi connectivity index (χ1v) is 7.33. The van der Waals surface area contributed by atoms with Gasteiger partial charge in [0.15, 0.2) is 0 Å². The van der Waals surface area contributed by atoms with Crippen molar-refractivity contribution in [3.05, 3.63) is 59.5 Å². The van der Waals surface area contributed by atoms with Crippen LogP contribution in [0.25, 0.3) is 6.08 Å². The molecule has 1 heterocycles. The van der Waals surface area contributed by atoms with Gasteiger partial charge in [0.2, 0.25) is 6.29 Å². The molecular weight excluding hydrogens is 300 g/mol. The smallest absolute Gasteiger partial charge is 0.299 e. The Morgan fingerprint density at radius 1 is 1.18 bits per heavy atom. The van der Waals surface area contributed by atoms with Gasteiger partial charge < -0.3 is 0 Å². The van der Waals surface area contributed by atoms with Crippen molar-refractivity contribution < 1.29 is 14.4 Å². The monoisotopic (exact) mass is 313 g/mol. The summed E-state index contributed by atoms with van der Waals surface area (Å²) in [6, 6.07) is 12.0. The highest BCUT2D eigenvalue weighted by Crippen LogP contribution is 2.15. The maximum Gasteiger partial charge on any atom is 0.329 e. The highest BCUT2D eigenvalue weighted by atomic mass is 32.1. The van der Waals surface area contributed by atoms with Crippen LogP contribution in [0.2, 0.25) is 0 Å². The SMILES string of the molecule is O=[C]CN(C(=O)/C=C/c1ccccc1)C(=O)Nc1cccs1. The number of imide groups is 1. The predicted molar refractivity (Wildman–Crippen MR) is 86.2 cm³/mol. The first-order valence-electron chi connectivity index (χ1n) is 6.45. The number of rotatable bonds is 5. The Kier molecular flexibility index (Phi) is 5.62. The molecule has 0 saturated carbocycles. The predicted octanol–water partition coefficient (Wildman–Crippen LogP) is 2.93. The molecule has 0 spiro atoms. The van der Waals surface area contributed by atoms with Crippen molar-refractivity contribution >= 4 is 40.6 Å². The molecule has 0 atom stereocenters. The van der Waals surface area contributed by atoms with E-state index in [1.54, 1.807) is 29.9 Å². The number of nitrogens with one attached hydrogen (secondary N) is 1. The van der Waals surface area contributed by atoms with Crippen LogP contribution in [0.1, 0.15) is 5.56 Å². The fraction of sp³-hybridized carbons (Fsp3) is 0.0625. The van der Waals surface area contributed by atoms with Gasteiger partial charge >= 0.3 is 6.03 Å². The van der Waals surface area contributed by atoms with Crippen LogP contribution in [-0.2, 0) is 9.59 Å². The van der Waals surface area contributed by atoms with E-state index in [2.05, 4.69) is 5.32 Å². The van der Waals surface area contributed by atoms with E-state index < -0.39 is 18.5 Å². The van der Waals surface area contributed by atoms with Gasteiger partial charge in [-0.2, -0.15) is 0 Å². The van der Waals surface area contributed by atoms with Crippen molar-refractivity contribution in [2.24, 2.45) is 0 Å². The van der Waals surface area contributed by atoms with E-state index in [9.17, 15) is 14.4 Å². The number of thiophene rings is 1. The normalized spacial score (nSPS) is 10.4. The number of urea groups is 1. The van der Waals surface area contributed by atoms with Crippen molar-refractivity contribution in [1.82, 2.24) is 4.90 Å². The van der Waals surface area contributed by atoms with Crippen molar-refractivity contribution in [2.45, 2.75) is 0 Å². The molecule has 0 bridgehead atoms. The molecule has 1 aromatic carbocycles. The molecule has 0 unspecified atom stereocenters. The van der Waals surface area contributed by atoms with E-state index in [0.29, 0.717) is 5.00 Å². The topological polar surface area (TPSA) is 66.5 Å². The molecule has 0 fully saturated rings. The van der Waals surface area contributed by atoms with Gasteiger partial charge in [-0.05, 0) is 29.2 Å². The Labute approximate surface area is 131 Å². The van der Waals surface area contributed by atoms with Crippen molar-refractivity contribution in [3.8, 4) is 0 Å². The highest BCUT2D eigenvalue weighted by Gasteiger charge is 2.19. The number of carbonyl (C=O) groups excluding carboxylic acids is 3. The van der Waals surface area contributed by atoms with E-state index in [1.165, 1.54) is 17.4 Å². The van der Waals surface area contributed by atoms with Gasteiger partial charge in [-0.1, -0.05) is 30.3 Å². The van der Waals surface area contributed by atoms with Gasteiger partial charge in [0.05, 0.1) is 11.5 Å². The maximum atomic E-state index is 12.1. The molecule has 6 heteroatoms. The molecule has 22 heavy (non-hydrogen) atoms. The summed E-state index contributed by atoms with van der Waals surface area (Å²) >= 11 is 1.32. The minimum Gasteiger partial charge on any atom is -0.299 e. The number of amides is 3. The van der Waals surface area contributed by atoms with Crippen LogP contribution in [-0.4, -0.2) is 29.7 Å². The molecule has 1 radical (unpaired) electrons. The molecule has 2 rings (SSSR count). The van der Waals surface area contributed by atoms with Crippen molar-refractivity contribution in [1.29, 1.82) is 0 Å². The maximum absolute atomic E-state index is 12.1. The van der Waals surface area contributed by atoms with Crippen LogP contribution in [0.4, 0.5) is 9.80 Å². The first-order chi connectivity index (χ1) is 10.7. The van der Waals surface area contributed by atoms with Gasteiger partial charge in [0.1, 0.15) is 0 Å². The summed E-state index contributed by atoms with van der Waals surface area (Å²) in [5, 5.41) is 4.95. The summed E-state index contributed by atoms with van der Waals surface area (Å²) in [6.45, 7) is -0.421. The molecule has 0 saturated heterocycles. The van der Waals surface area contributed by atoms with Gasteiger partial charge in [-0.25, -0.2) is 4.79 Å². The minimum atomic E-state index is -0.659. The van der Waals surface area contributed by atoms with Crippen LogP contribution >= 0.6 is 11.3 Å². The lowest BCUT2D eigenvalue weighted by Gasteiger charge is -2.16. The molecule has 0 aliphatic carbocycles. The lowest BCUT2D eigenvalue weighted by Crippen LogP contribution is -2.40. The molecule has 5 nitrogen and oxygen atoms in total. The van der Waals surface area contributed by atoms with E-state index >= 15 is 0 Å². The quantitative estimate of drug-likeness (QED) is 0.863. The fourth-order valence-corrected chi connectivity index (χ4v) is 2.27.